The molecule has 2 N–H and O–H groups in total. The van der Waals surface area contributed by atoms with Crippen molar-refractivity contribution in [2.75, 3.05) is 38.0 Å². The van der Waals surface area contributed by atoms with E-state index in [9.17, 15) is 9.59 Å². The van der Waals surface area contributed by atoms with E-state index >= 15 is 0 Å². The summed E-state index contributed by atoms with van der Waals surface area (Å²) in [5.41, 5.74) is 2.73. The van der Waals surface area contributed by atoms with Crippen LogP contribution in [0.3, 0.4) is 0 Å². The van der Waals surface area contributed by atoms with Crippen molar-refractivity contribution in [2.45, 2.75) is 19.4 Å². The SMILES string of the molecule is O=C(O)Cc1ccc(CN2CCCN(CC(=O)Nc3ccc(Oc4ccccc4)cc3)CC2)cc1. The highest BCUT2D eigenvalue weighted by Gasteiger charge is 2.17. The van der Waals surface area contributed by atoms with Crippen molar-refractivity contribution in [3.05, 3.63) is 90.0 Å². The van der Waals surface area contributed by atoms with Gasteiger partial charge in [-0.05, 0) is 67.0 Å². The minimum absolute atomic E-state index is 0.0239. The second-order valence-corrected chi connectivity index (χ2v) is 8.78. The third-order valence-corrected chi connectivity index (χ3v) is 5.95. The van der Waals surface area contributed by atoms with Gasteiger partial charge in [-0.25, -0.2) is 0 Å². The number of carbonyl (C=O) groups is 2. The van der Waals surface area contributed by atoms with Crippen molar-refractivity contribution in [3.63, 3.8) is 0 Å². The molecule has 4 rings (SSSR count). The maximum atomic E-state index is 12.6. The Labute approximate surface area is 205 Å². The van der Waals surface area contributed by atoms with E-state index in [4.69, 9.17) is 9.84 Å². The number of para-hydroxylation sites is 1. The van der Waals surface area contributed by atoms with E-state index in [0.717, 1.165) is 61.9 Å². The van der Waals surface area contributed by atoms with Gasteiger partial charge in [0.25, 0.3) is 0 Å². The minimum Gasteiger partial charge on any atom is -0.481 e. The fourth-order valence-electron chi connectivity index (χ4n) is 4.17. The van der Waals surface area contributed by atoms with Gasteiger partial charge in [-0.1, -0.05) is 42.5 Å². The summed E-state index contributed by atoms with van der Waals surface area (Å²) >= 11 is 0. The molecule has 3 aromatic carbocycles. The number of carbonyl (C=O) groups excluding carboxylic acids is 1. The lowest BCUT2D eigenvalue weighted by atomic mass is 10.1. The van der Waals surface area contributed by atoms with E-state index in [1.54, 1.807) is 0 Å². The molecule has 0 aliphatic carbocycles. The summed E-state index contributed by atoms with van der Waals surface area (Å²) < 4.78 is 5.80. The van der Waals surface area contributed by atoms with Crippen LogP contribution in [0.15, 0.2) is 78.9 Å². The molecule has 1 amide bonds. The number of aliphatic carboxylic acids is 1. The first kappa shape index (κ1) is 24.4. The Balaban J connectivity index is 1.21. The van der Waals surface area contributed by atoms with Crippen molar-refractivity contribution in [1.82, 2.24) is 9.80 Å². The van der Waals surface area contributed by atoms with Crippen LogP contribution in [0.25, 0.3) is 0 Å². The van der Waals surface area contributed by atoms with Gasteiger partial charge in [-0.15, -0.1) is 0 Å². The zero-order chi connectivity index (χ0) is 24.5. The number of hydrogen-bond acceptors (Lipinski definition) is 5. The topological polar surface area (TPSA) is 82.1 Å². The Bertz CT molecular complexity index is 1100. The second kappa shape index (κ2) is 12.1. The molecule has 0 atom stereocenters. The number of ether oxygens (including phenoxy) is 1. The number of anilines is 1. The van der Waals surface area contributed by atoms with Gasteiger partial charge in [0, 0.05) is 25.3 Å². The van der Waals surface area contributed by atoms with Crippen LogP contribution in [0.2, 0.25) is 0 Å². The van der Waals surface area contributed by atoms with Gasteiger partial charge in [-0.2, -0.15) is 0 Å². The number of nitrogens with zero attached hydrogens (tertiary/aromatic N) is 2. The van der Waals surface area contributed by atoms with Crippen LogP contribution in [0.1, 0.15) is 17.5 Å². The highest BCUT2D eigenvalue weighted by atomic mass is 16.5. The number of hydrogen-bond donors (Lipinski definition) is 2. The highest BCUT2D eigenvalue weighted by molar-refractivity contribution is 5.92. The summed E-state index contributed by atoms with van der Waals surface area (Å²) in [5, 5.41) is 11.9. The van der Waals surface area contributed by atoms with Crippen LogP contribution < -0.4 is 10.1 Å². The lowest BCUT2D eigenvalue weighted by Crippen LogP contribution is -2.36. The Morgan fingerprint density at radius 2 is 1.40 bits per heavy atom. The molecule has 7 heteroatoms. The number of carboxylic acids is 1. The van der Waals surface area contributed by atoms with Gasteiger partial charge in [0.1, 0.15) is 11.5 Å². The van der Waals surface area contributed by atoms with Crippen molar-refractivity contribution in [1.29, 1.82) is 0 Å². The summed E-state index contributed by atoms with van der Waals surface area (Å²) in [5.74, 6) is 0.653. The average Bonchev–Trinajstić information content (AvgIpc) is 3.07. The molecular weight excluding hydrogens is 442 g/mol. The van der Waals surface area contributed by atoms with Crippen molar-refractivity contribution >= 4 is 17.6 Å². The van der Waals surface area contributed by atoms with E-state index < -0.39 is 5.97 Å². The summed E-state index contributed by atoms with van der Waals surface area (Å²) in [6.45, 7) is 4.75. The Morgan fingerprint density at radius 3 is 2.11 bits per heavy atom. The van der Waals surface area contributed by atoms with E-state index in [1.165, 1.54) is 5.56 Å². The zero-order valence-corrected chi connectivity index (χ0v) is 19.7. The molecule has 1 saturated heterocycles. The van der Waals surface area contributed by atoms with Gasteiger partial charge < -0.3 is 15.2 Å². The molecule has 0 unspecified atom stereocenters. The lowest BCUT2D eigenvalue weighted by molar-refractivity contribution is -0.136. The average molecular weight is 474 g/mol. The maximum absolute atomic E-state index is 12.6. The Hall–Kier alpha value is -3.68. The number of nitrogens with one attached hydrogen (secondary N) is 1. The molecule has 182 valence electrons. The first-order valence-corrected chi connectivity index (χ1v) is 11.9. The molecule has 0 aromatic heterocycles. The monoisotopic (exact) mass is 473 g/mol. The normalized spacial score (nSPS) is 14.7. The molecule has 0 spiro atoms. The van der Waals surface area contributed by atoms with E-state index in [0.29, 0.717) is 6.54 Å². The fraction of sp³-hybridized carbons (Fsp3) is 0.286. The number of rotatable bonds is 9. The summed E-state index contributed by atoms with van der Waals surface area (Å²) in [4.78, 5) is 28.0. The molecule has 35 heavy (non-hydrogen) atoms. The zero-order valence-electron chi connectivity index (χ0n) is 19.7. The van der Waals surface area contributed by atoms with E-state index in [1.807, 2.05) is 78.9 Å². The molecule has 0 bridgehead atoms. The maximum Gasteiger partial charge on any atom is 0.307 e. The third-order valence-electron chi connectivity index (χ3n) is 5.95. The lowest BCUT2D eigenvalue weighted by Gasteiger charge is -2.21. The first-order valence-electron chi connectivity index (χ1n) is 11.9. The number of amides is 1. The largest absolute Gasteiger partial charge is 0.481 e. The molecular formula is C28H31N3O4. The second-order valence-electron chi connectivity index (χ2n) is 8.78. The predicted octanol–water partition coefficient (Wildman–Crippen LogP) is 4.25. The summed E-state index contributed by atoms with van der Waals surface area (Å²) in [6, 6.07) is 24.8. The van der Waals surface area contributed by atoms with E-state index in [2.05, 4.69) is 15.1 Å². The van der Waals surface area contributed by atoms with Crippen molar-refractivity contribution in [3.8, 4) is 11.5 Å². The van der Waals surface area contributed by atoms with Gasteiger partial charge in [0.05, 0.1) is 13.0 Å². The van der Waals surface area contributed by atoms with Gasteiger partial charge in [0.2, 0.25) is 5.91 Å². The standard InChI is InChI=1S/C28H31N3O4/c32-27(29-24-11-13-26(14-12-24)35-25-5-2-1-3-6-25)21-31-16-4-15-30(17-18-31)20-23-9-7-22(8-10-23)19-28(33)34/h1-3,5-14H,4,15-21H2,(H,29,32)(H,33,34). The Morgan fingerprint density at radius 1 is 0.771 bits per heavy atom. The fourth-order valence-corrected chi connectivity index (χ4v) is 4.17. The molecule has 1 aliphatic heterocycles. The third kappa shape index (κ3) is 7.95. The van der Waals surface area contributed by atoms with Crippen LogP contribution in [0.5, 0.6) is 11.5 Å². The minimum atomic E-state index is -0.816. The van der Waals surface area contributed by atoms with Crippen molar-refractivity contribution in [2.24, 2.45) is 0 Å². The van der Waals surface area contributed by atoms with Gasteiger partial charge in [-0.3, -0.25) is 19.4 Å². The first-order chi connectivity index (χ1) is 17.0. The highest BCUT2D eigenvalue weighted by Crippen LogP contribution is 2.22. The smallest absolute Gasteiger partial charge is 0.307 e. The summed E-state index contributed by atoms with van der Waals surface area (Å²) in [6.07, 6.45) is 1.04. The molecule has 7 nitrogen and oxygen atoms in total. The number of benzene rings is 3. The molecule has 1 aliphatic rings. The van der Waals surface area contributed by atoms with Gasteiger partial charge in [0.15, 0.2) is 0 Å². The molecule has 1 heterocycles. The van der Waals surface area contributed by atoms with Crippen molar-refractivity contribution < 1.29 is 19.4 Å². The van der Waals surface area contributed by atoms with Crippen LogP contribution in [0.4, 0.5) is 5.69 Å². The molecule has 0 saturated carbocycles. The quantitative estimate of drug-likeness (QED) is 0.484. The molecule has 0 radical (unpaired) electrons. The van der Waals surface area contributed by atoms with E-state index in [-0.39, 0.29) is 12.3 Å². The number of carboxylic acid groups (broad SMARTS) is 1. The molecule has 3 aromatic rings. The predicted molar refractivity (Wildman–Crippen MR) is 136 cm³/mol. The Kier molecular flexibility index (Phi) is 8.48. The van der Waals surface area contributed by atoms with Crippen LogP contribution >= 0.6 is 0 Å². The van der Waals surface area contributed by atoms with Gasteiger partial charge >= 0.3 is 5.97 Å². The van der Waals surface area contributed by atoms with Crippen LogP contribution in [0, 0.1) is 0 Å². The summed E-state index contributed by atoms with van der Waals surface area (Å²) in [7, 11) is 0. The van der Waals surface area contributed by atoms with Crippen LogP contribution in [-0.4, -0.2) is 59.5 Å². The van der Waals surface area contributed by atoms with Crippen LogP contribution in [-0.2, 0) is 22.6 Å². The molecule has 1 fully saturated rings.